The van der Waals surface area contributed by atoms with Gasteiger partial charge in [-0.3, -0.25) is 4.79 Å². The monoisotopic (exact) mass is 237 g/mol. The van der Waals surface area contributed by atoms with E-state index in [1.54, 1.807) is 18.0 Å². The lowest BCUT2D eigenvalue weighted by molar-refractivity contribution is -0.140. The number of carbonyl (C=O) groups excluding carboxylic acids is 1. The molecule has 0 spiro atoms. The van der Waals surface area contributed by atoms with Gasteiger partial charge in [0.1, 0.15) is 11.9 Å². The Balaban J connectivity index is 1.96. The number of likely N-dealkylation sites (N-methyl/N-ethyl adjacent to an activating group) is 1. The fourth-order valence-corrected chi connectivity index (χ4v) is 2.01. The van der Waals surface area contributed by atoms with E-state index in [0.29, 0.717) is 13.2 Å². The molecule has 1 atom stereocenters. The summed E-state index contributed by atoms with van der Waals surface area (Å²) in [4.78, 5) is 13.5. The van der Waals surface area contributed by atoms with Crippen molar-refractivity contribution in [2.24, 2.45) is 0 Å². The summed E-state index contributed by atoms with van der Waals surface area (Å²) >= 11 is 0. The molecule has 2 rings (SSSR count). The number of nitrogens with zero attached hydrogens (tertiary/aromatic N) is 1. The molecule has 1 aliphatic rings. The molecule has 1 amide bonds. The van der Waals surface area contributed by atoms with Crippen molar-refractivity contribution < 1.29 is 13.9 Å². The van der Waals surface area contributed by atoms with Gasteiger partial charge in [-0.25, -0.2) is 4.39 Å². The molecule has 0 aliphatic carbocycles. The Labute approximate surface area is 100 Å². The zero-order valence-corrected chi connectivity index (χ0v) is 9.86. The largest absolute Gasteiger partial charge is 0.368 e. The van der Waals surface area contributed by atoms with Crippen LogP contribution in [0.25, 0.3) is 0 Å². The lowest BCUT2D eigenvalue weighted by Crippen LogP contribution is -2.35. The van der Waals surface area contributed by atoms with Crippen LogP contribution in [0, 0.1) is 5.82 Å². The highest BCUT2D eigenvalue weighted by Crippen LogP contribution is 2.15. The normalized spacial score (nSPS) is 19.3. The Hall–Kier alpha value is -1.42. The van der Waals surface area contributed by atoms with E-state index in [1.807, 2.05) is 6.07 Å². The molecule has 1 fully saturated rings. The molecule has 4 heteroatoms. The van der Waals surface area contributed by atoms with Gasteiger partial charge in [0, 0.05) is 20.2 Å². The number of carbonyl (C=O) groups is 1. The van der Waals surface area contributed by atoms with E-state index in [9.17, 15) is 9.18 Å². The number of ether oxygens (including phenoxy) is 1. The van der Waals surface area contributed by atoms with Crippen molar-refractivity contribution in [3.8, 4) is 0 Å². The van der Waals surface area contributed by atoms with E-state index in [2.05, 4.69) is 0 Å². The van der Waals surface area contributed by atoms with E-state index in [-0.39, 0.29) is 17.8 Å². The molecule has 3 nitrogen and oxygen atoms in total. The average molecular weight is 237 g/mol. The third kappa shape index (κ3) is 3.03. The van der Waals surface area contributed by atoms with E-state index < -0.39 is 0 Å². The molecule has 1 heterocycles. The molecule has 1 aromatic rings. The van der Waals surface area contributed by atoms with Gasteiger partial charge in [-0.1, -0.05) is 12.1 Å². The van der Waals surface area contributed by atoms with Crippen LogP contribution in [0.2, 0.25) is 0 Å². The van der Waals surface area contributed by atoms with E-state index >= 15 is 0 Å². The maximum Gasteiger partial charge on any atom is 0.251 e. The number of hydrogen-bond acceptors (Lipinski definition) is 2. The highest BCUT2D eigenvalue weighted by atomic mass is 19.1. The predicted molar refractivity (Wildman–Crippen MR) is 61.8 cm³/mol. The van der Waals surface area contributed by atoms with Crippen molar-refractivity contribution in [3.05, 3.63) is 35.6 Å². The van der Waals surface area contributed by atoms with Gasteiger partial charge in [-0.05, 0) is 30.5 Å². The summed E-state index contributed by atoms with van der Waals surface area (Å²) in [6, 6.07) is 6.29. The van der Waals surface area contributed by atoms with Crippen LogP contribution < -0.4 is 0 Å². The SMILES string of the molecule is CN(Cc1cccc(F)c1)C(=O)C1CCCO1. The van der Waals surface area contributed by atoms with Gasteiger partial charge in [0.2, 0.25) is 0 Å². The summed E-state index contributed by atoms with van der Waals surface area (Å²) in [5, 5.41) is 0. The summed E-state index contributed by atoms with van der Waals surface area (Å²) in [7, 11) is 1.72. The molecular formula is C13H16FNO2. The van der Waals surface area contributed by atoms with Crippen molar-refractivity contribution in [1.29, 1.82) is 0 Å². The highest BCUT2D eigenvalue weighted by molar-refractivity contribution is 5.80. The van der Waals surface area contributed by atoms with Crippen molar-refractivity contribution in [2.45, 2.75) is 25.5 Å². The number of rotatable bonds is 3. The second-order valence-electron chi connectivity index (χ2n) is 4.33. The maximum atomic E-state index is 13.0. The molecule has 92 valence electrons. The molecular weight excluding hydrogens is 221 g/mol. The molecule has 1 unspecified atom stereocenters. The fraction of sp³-hybridized carbons (Fsp3) is 0.462. The number of hydrogen-bond donors (Lipinski definition) is 0. The van der Waals surface area contributed by atoms with Crippen LogP contribution in [0.1, 0.15) is 18.4 Å². The van der Waals surface area contributed by atoms with E-state index in [1.165, 1.54) is 12.1 Å². The van der Waals surface area contributed by atoms with Crippen LogP contribution in [0.3, 0.4) is 0 Å². The molecule has 0 aromatic heterocycles. The first-order valence-corrected chi connectivity index (χ1v) is 5.78. The summed E-state index contributed by atoms with van der Waals surface area (Å²) in [6.07, 6.45) is 1.41. The Bertz CT molecular complexity index is 402. The number of amides is 1. The van der Waals surface area contributed by atoms with Gasteiger partial charge in [-0.2, -0.15) is 0 Å². The van der Waals surface area contributed by atoms with Gasteiger partial charge in [-0.15, -0.1) is 0 Å². The van der Waals surface area contributed by atoms with Crippen LogP contribution in [0.5, 0.6) is 0 Å². The zero-order chi connectivity index (χ0) is 12.3. The van der Waals surface area contributed by atoms with Gasteiger partial charge < -0.3 is 9.64 Å². The Kier molecular flexibility index (Phi) is 3.74. The minimum absolute atomic E-state index is 0.0215. The lowest BCUT2D eigenvalue weighted by Gasteiger charge is -2.20. The topological polar surface area (TPSA) is 29.5 Å². The van der Waals surface area contributed by atoms with Crippen LogP contribution in [-0.2, 0) is 16.1 Å². The first-order valence-electron chi connectivity index (χ1n) is 5.78. The maximum absolute atomic E-state index is 13.0. The number of halogens is 1. The third-order valence-corrected chi connectivity index (χ3v) is 2.89. The number of benzene rings is 1. The first kappa shape index (κ1) is 12.0. The summed E-state index contributed by atoms with van der Waals surface area (Å²) in [5.41, 5.74) is 0.791. The molecule has 0 radical (unpaired) electrons. The van der Waals surface area contributed by atoms with Gasteiger partial charge >= 0.3 is 0 Å². The Morgan fingerprint density at radius 1 is 1.59 bits per heavy atom. The van der Waals surface area contributed by atoms with Gasteiger partial charge in [0.05, 0.1) is 0 Å². The molecule has 17 heavy (non-hydrogen) atoms. The van der Waals surface area contributed by atoms with Gasteiger partial charge in [0.15, 0.2) is 0 Å². The molecule has 1 aromatic carbocycles. The van der Waals surface area contributed by atoms with Gasteiger partial charge in [0.25, 0.3) is 5.91 Å². The second kappa shape index (κ2) is 5.27. The second-order valence-corrected chi connectivity index (χ2v) is 4.33. The van der Waals surface area contributed by atoms with Crippen LogP contribution in [0.4, 0.5) is 4.39 Å². The van der Waals surface area contributed by atoms with Crippen LogP contribution in [0.15, 0.2) is 24.3 Å². The van der Waals surface area contributed by atoms with Crippen molar-refractivity contribution in [2.75, 3.05) is 13.7 Å². The molecule has 0 saturated carbocycles. The standard InChI is InChI=1S/C13H16FNO2/c1-15(13(16)12-6-3-7-17-12)9-10-4-2-5-11(14)8-10/h2,4-5,8,12H,3,6-7,9H2,1H3. The summed E-state index contributed by atoms with van der Waals surface area (Å²) in [6.45, 7) is 1.07. The molecule has 1 saturated heterocycles. The predicted octanol–water partition coefficient (Wildman–Crippen LogP) is 1.96. The van der Waals surface area contributed by atoms with Crippen LogP contribution in [-0.4, -0.2) is 30.6 Å². The minimum atomic E-state index is -0.312. The van der Waals surface area contributed by atoms with Crippen molar-refractivity contribution >= 4 is 5.91 Å². The summed E-state index contributed by atoms with van der Waals surface area (Å²) in [5.74, 6) is -0.299. The molecule has 0 N–H and O–H groups in total. The van der Waals surface area contributed by atoms with Crippen molar-refractivity contribution in [1.82, 2.24) is 4.90 Å². The highest BCUT2D eigenvalue weighted by Gasteiger charge is 2.26. The van der Waals surface area contributed by atoms with E-state index in [0.717, 1.165) is 18.4 Å². The van der Waals surface area contributed by atoms with Crippen LogP contribution >= 0.6 is 0 Å². The van der Waals surface area contributed by atoms with E-state index in [4.69, 9.17) is 4.74 Å². The lowest BCUT2D eigenvalue weighted by atomic mass is 10.2. The fourth-order valence-electron chi connectivity index (χ4n) is 2.01. The molecule has 0 bridgehead atoms. The Morgan fingerprint density at radius 2 is 2.41 bits per heavy atom. The minimum Gasteiger partial charge on any atom is -0.368 e. The van der Waals surface area contributed by atoms with Crippen molar-refractivity contribution in [3.63, 3.8) is 0 Å². The Morgan fingerprint density at radius 3 is 3.06 bits per heavy atom. The smallest absolute Gasteiger partial charge is 0.251 e. The molecule has 1 aliphatic heterocycles. The summed E-state index contributed by atoms with van der Waals surface area (Å²) < 4.78 is 18.3. The first-order chi connectivity index (χ1) is 8.16. The average Bonchev–Trinajstić information content (AvgIpc) is 2.81. The quantitative estimate of drug-likeness (QED) is 0.804. The zero-order valence-electron chi connectivity index (χ0n) is 9.86. The third-order valence-electron chi connectivity index (χ3n) is 2.89.